The number of aryl methyl sites for hydroxylation is 1. The molecular formula is C16H17N3O2S. The molecule has 3 aromatic rings. The molecule has 1 heterocycles. The molecule has 0 saturated carbocycles. The van der Waals surface area contributed by atoms with Crippen molar-refractivity contribution in [2.75, 3.05) is 12.8 Å². The average molecular weight is 315 g/mol. The fourth-order valence-corrected chi connectivity index (χ4v) is 3.73. The van der Waals surface area contributed by atoms with E-state index in [0.29, 0.717) is 21.5 Å². The van der Waals surface area contributed by atoms with Crippen LogP contribution in [0.2, 0.25) is 0 Å². The Balaban J connectivity index is 2.09. The van der Waals surface area contributed by atoms with Crippen LogP contribution >= 0.6 is 0 Å². The first-order valence-corrected chi connectivity index (χ1v) is 7.97. The molecule has 0 fully saturated rings. The topological polar surface area (TPSA) is 87.0 Å². The minimum atomic E-state index is -1.41. The minimum absolute atomic E-state index is 0.417. The Morgan fingerprint density at radius 3 is 2.73 bits per heavy atom. The SMILES string of the molecule is COc1ccc2[nH]c([S+]([O-])c3c(C)ccc(N)c3C)nc2c1. The van der Waals surface area contributed by atoms with Gasteiger partial charge in [-0.2, -0.15) is 4.98 Å². The van der Waals surface area contributed by atoms with Crippen molar-refractivity contribution in [2.24, 2.45) is 0 Å². The van der Waals surface area contributed by atoms with Crippen LogP contribution in [-0.2, 0) is 11.2 Å². The number of aromatic nitrogens is 2. The second-order valence-electron chi connectivity index (χ2n) is 5.12. The summed E-state index contributed by atoms with van der Waals surface area (Å²) in [6.45, 7) is 3.80. The number of H-pyrrole nitrogens is 1. The van der Waals surface area contributed by atoms with Gasteiger partial charge in [-0.15, -0.1) is 0 Å². The molecule has 0 aliphatic heterocycles. The maximum Gasteiger partial charge on any atom is 0.327 e. The third-order valence-electron chi connectivity index (χ3n) is 3.67. The van der Waals surface area contributed by atoms with Crippen LogP contribution in [-0.4, -0.2) is 21.6 Å². The van der Waals surface area contributed by atoms with E-state index < -0.39 is 11.2 Å². The van der Waals surface area contributed by atoms with Gasteiger partial charge in [0.15, 0.2) is 4.90 Å². The molecule has 0 aliphatic carbocycles. The lowest BCUT2D eigenvalue weighted by Gasteiger charge is -2.13. The highest BCUT2D eigenvalue weighted by molar-refractivity contribution is 7.91. The molecule has 5 nitrogen and oxygen atoms in total. The largest absolute Gasteiger partial charge is 0.604 e. The van der Waals surface area contributed by atoms with Crippen molar-refractivity contribution in [2.45, 2.75) is 23.9 Å². The lowest BCUT2D eigenvalue weighted by Crippen LogP contribution is -2.09. The van der Waals surface area contributed by atoms with Crippen LogP contribution < -0.4 is 10.5 Å². The van der Waals surface area contributed by atoms with E-state index in [4.69, 9.17) is 10.5 Å². The Hall–Kier alpha value is -2.18. The molecule has 0 spiro atoms. The maximum atomic E-state index is 12.9. The quantitative estimate of drug-likeness (QED) is 0.574. The molecule has 1 atom stereocenters. The van der Waals surface area contributed by atoms with E-state index in [-0.39, 0.29) is 0 Å². The van der Waals surface area contributed by atoms with E-state index in [0.717, 1.165) is 22.2 Å². The van der Waals surface area contributed by atoms with E-state index in [9.17, 15) is 4.55 Å². The first kappa shape index (κ1) is 14.7. The number of anilines is 1. The van der Waals surface area contributed by atoms with Crippen molar-refractivity contribution in [1.29, 1.82) is 0 Å². The number of aromatic amines is 1. The van der Waals surface area contributed by atoms with E-state index >= 15 is 0 Å². The molecule has 114 valence electrons. The number of benzene rings is 2. The van der Waals surface area contributed by atoms with Crippen molar-refractivity contribution in [3.63, 3.8) is 0 Å². The molecule has 6 heteroatoms. The summed E-state index contributed by atoms with van der Waals surface area (Å²) in [5, 5.41) is 0.417. The molecule has 0 radical (unpaired) electrons. The first-order valence-electron chi connectivity index (χ1n) is 6.82. The Labute approximate surface area is 131 Å². The number of hydrogen-bond donors (Lipinski definition) is 2. The van der Waals surface area contributed by atoms with Crippen molar-refractivity contribution >= 4 is 27.9 Å². The molecule has 2 aromatic carbocycles. The molecule has 1 unspecified atom stereocenters. The van der Waals surface area contributed by atoms with Crippen LogP contribution in [0.5, 0.6) is 5.75 Å². The standard InChI is InChI=1S/C16H17N3O2S/c1-9-4-6-12(17)10(2)15(9)22(20)16-18-13-7-5-11(21-3)8-14(13)19-16/h4-8H,17H2,1-3H3,(H,18,19). The van der Waals surface area contributed by atoms with Gasteiger partial charge in [-0.05, 0) is 32.0 Å². The predicted molar refractivity (Wildman–Crippen MR) is 87.6 cm³/mol. The lowest BCUT2D eigenvalue weighted by atomic mass is 10.1. The molecule has 3 N–H and O–H groups in total. The smallest absolute Gasteiger partial charge is 0.327 e. The Morgan fingerprint density at radius 2 is 2.00 bits per heavy atom. The summed E-state index contributed by atoms with van der Waals surface area (Å²) >= 11 is -1.41. The number of nitrogen functional groups attached to an aromatic ring is 1. The van der Waals surface area contributed by atoms with Crippen molar-refractivity contribution in [3.8, 4) is 5.75 Å². The van der Waals surface area contributed by atoms with Gasteiger partial charge in [0.1, 0.15) is 5.75 Å². The summed E-state index contributed by atoms with van der Waals surface area (Å²) in [7, 11) is 1.60. The molecule has 0 bridgehead atoms. The summed E-state index contributed by atoms with van der Waals surface area (Å²) in [5.74, 6) is 0.715. The van der Waals surface area contributed by atoms with Gasteiger partial charge in [0, 0.05) is 22.9 Å². The highest BCUT2D eigenvalue weighted by Crippen LogP contribution is 2.30. The van der Waals surface area contributed by atoms with Crippen LogP contribution in [0.25, 0.3) is 11.0 Å². The van der Waals surface area contributed by atoms with Gasteiger partial charge in [0.25, 0.3) is 0 Å². The van der Waals surface area contributed by atoms with Crippen molar-refractivity contribution in [3.05, 3.63) is 41.5 Å². The summed E-state index contributed by atoms with van der Waals surface area (Å²) in [4.78, 5) is 8.26. The number of imidazole rings is 1. The Kier molecular flexibility index (Phi) is 3.72. The summed E-state index contributed by atoms with van der Waals surface area (Å²) in [6.07, 6.45) is 0. The third-order valence-corrected chi connectivity index (χ3v) is 5.22. The molecule has 0 amide bonds. The zero-order valence-electron chi connectivity index (χ0n) is 12.6. The normalized spacial score (nSPS) is 12.5. The number of hydrogen-bond acceptors (Lipinski definition) is 4. The van der Waals surface area contributed by atoms with Gasteiger partial charge < -0.3 is 15.0 Å². The lowest BCUT2D eigenvalue weighted by molar-refractivity contribution is 0.415. The highest BCUT2D eigenvalue weighted by atomic mass is 32.2. The molecule has 0 aliphatic rings. The third kappa shape index (κ3) is 2.40. The monoisotopic (exact) mass is 315 g/mol. The van der Waals surface area contributed by atoms with Gasteiger partial charge in [-0.1, -0.05) is 6.07 Å². The fraction of sp³-hybridized carbons (Fsp3) is 0.188. The van der Waals surface area contributed by atoms with Crippen molar-refractivity contribution in [1.82, 2.24) is 9.97 Å². The minimum Gasteiger partial charge on any atom is -0.604 e. The summed E-state index contributed by atoms with van der Waals surface area (Å²) in [6, 6.07) is 9.22. The molecule has 3 rings (SSSR count). The molecule has 1 aromatic heterocycles. The molecule has 0 saturated heterocycles. The van der Waals surface area contributed by atoms with Gasteiger partial charge in [0.05, 0.1) is 29.3 Å². The average Bonchev–Trinajstić information content (AvgIpc) is 2.94. The first-order chi connectivity index (χ1) is 10.5. The van der Waals surface area contributed by atoms with Crippen molar-refractivity contribution < 1.29 is 9.29 Å². The van der Waals surface area contributed by atoms with Gasteiger partial charge in [-0.25, -0.2) is 0 Å². The van der Waals surface area contributed by atoms with E-state index in [1.54, 1.807) is 7.11 Å². The van der Waals surface area contributed by atoms with Crippen LogP contribution in [0.15, 0.2) is 40.4 Å². The molecule has 22 heavy (non-hydrogen) atoms. The van der Waals surface area contributed by atoms with Gasteiger partial charge in [0.2, 0.25) is 0 Å². The number of methoxy groups -OCH3 is 1. The zero-order chi connectivity index (χ0) is 15.9. The summed E-state index contributed by atoms with van der Waals surface area (Å²) < 4.78 is 18.1. The van der Waals surface area contributed by atoms with Gasteiger partial charge in [-0.3, -0.25) is 4.98 Å². The summed E-state index contributed by atoms with van der Waals surface area (Å²) in [5.41, 5.74) is 9.88. The van der Waals surface area contributed by atoms with E-state index in [1.165, 1.54) is 0 Å². The number of nitrogens with zero attached hydrogens (tertiary/aromatic N) is 1. The highest BCUT2D eigenvalue weighted by Gasteiger charge is 2.25. The number of nitrogens with one attached hydrogen (secondary N) is 1. The van der Waals surface area contributed by atoms with Gasteiger partial charge >= 0.3 is 5.16 Å². The number of ether oxygens (including phenoxy) is 1. The Morgan fingerprint density at radius 1 is 1.23 bits per heavy atom. The van der Waals surface area contributed by atoms with Crippen LogP contribution in [0.1, 0.15) is 11.1 Å². The van der Waals surface area contributed by atoms with Crippen LogP contribution in [0, 0.1) is 13.8 Å². The van der Waals surface area contributed by atoms with E-state index in [2.05, 4.69) is 9.97 Å². The molecular weight excluding hydrogens is 298 g/mol. The number of rotatable bonds is 3. The second-order valence-corrected chi connectivity index (χ2v) is 6.45. The fourth-order valence-electron chi connectivity index (χ4n) is 2.40. The van der Waals surface area contributed by atoms with Crippen LogP contribution in [0.4, 0.5) is 5.69 Å². The van der Waals surface area contributed by atoms with Crippen LogP contribution in [0.3, 0.4) is 0 Å². The maximum absolute atomic E-state index is 12.9. The Bertz CT molecular complexity index is 845. The zero-order valence-corrected chi connectivity index (χ0v) is 13.5. The number of fused-ring (bicyclic) bond motifs is 1. The van der Waals surface area contributed by atoms with E-state index in [1.807, 2.05) is 44.2 Å². The predicted octanol–water partition coefficient (Wildman–Crippen LogP) is 2.94. The second kappa shape index (κ2) is 5.55. The number of nitrogens with two attached hydrogens (primary N) is 1.